The molecule has 4 rings (SSSR count). The van der Waals surface area contributed by atoms with Gasteiger partial charge in [-0.15, -0.1) is 0 Å². The maximum absolute atomic E-state index is 11.7. The average Bonchev–Trinajstić information content (AvgIpc) is 2.79. The summed E-state index contributed by atoms with van der Waals surface area (Å²) < 4.78 is 17.2. The molecule has 3 aliphatic carbocycles. The molecule has 4 fully saturated rings. The summed E-state index contributed by atoms with van der Waals surface area (Å²) in [6, 6.07) is 0. The molecule has 0 unspecified atom stereocenters. The number of carbonyl (C=O) groups is 1. The van der Waals surface area contributed by atoms with Gasteiger partial charge in [0, 0.05) is 11.9 Å². The van der Waals surface area contributed by atoms with E-state index in [0.717, 1.165) is 12.3 Å². The molecule has 2 bridgehead atoms. The first-order valence-electron chi connectivity index (χ1n) is 7.88. The first-order chi connectivity index (χ1) is 9.81. The molecule has 1 aliphatic heterocycles. The molecule has 0 amide bonds. The second-order valence-electron chi connectivity index (χ2n) is 7.49. The number of methoxy groups -OCH3 is 1. The second kappa shape index (κ2) is 4.85. The summed E-state index contributed by atoms with van der Waals surface area (Å²) in [7, 11) is 1.07. The third-order valence-electron chi connectivity index (χ3n) is 6.05. The fraction of sp³-hybridized carbons (Fsp3) is 0.812. The Balaban J connectivity index is 1.72. The van der Waals surface area contributed by atoms with Crippen molar-refractivity contribution in [3.63, 3.8) is 0 Å². The van der Waals surface area contributed by atoms with E-state index in [0.29, 0.717) is 23.2 Å². The monoisotopic (exact) mass is 292 g/mol. The molecule has 116 valence electrons. The molecule has 3 saturated carbocycles. The fourth-order valence-electron chi connectivity index (χ4n) is 4.51. The first kappa shape index (κ1) is 15.1. The van der Waals surface area contributed by atoms with E-state index in [-0.39, 0.29) is 24.8 Å². The Hall–Kier alpha value is -0.805. The van der Waals surface area contributed by atoms with Gasteiger partial charge in [0.1, 0.15) is 0 Å². The van der Waals surface area contributed by atoms with Crippen molar-refractivity contribution in [3.8, 4) is 0 Å². The van der Waals surface area contributed by atoms with Crippen LogP contribution in [0.3, 0.4) is 0 Å². The first-order valence-corrected chi connectivity index (χ1v) is 7.88. The highest BCUT2D eigenvalue weighted by Gasteiger charge is 2.66. The smallest absolute Gasteiger partial charge is 0.462 e. The summed E-state index contributed by atoms with van der Waals surface area (Å²) >= 11 is 0. The minimum absolute atomic E-state index is 0.151. The Bertz CT molecular complexity index is 487. The van der Waals surface area contributed by atoms with Gasteiger partial charge < -0.3 is 14.0 Å². The molecule has 0 aromatic rings. The third-order valence-corrected chi connectivity index (χ3v) is 6.05. The van der Waals surface area contributed by atoms with Crippen molar-refractivity contribution in [2.75, 3.05) is 7.11 Å². The SMILES string of the molecule is C/C=C(\CB1O[C@H]2[C@H]3C[C@@H](C[C@@]2(C)O1)C3(C)C)C(=O)OC. The highest BCUT2D eigenvalue weighted by atomic mass is 16.7. The van der Waals surface area contributed by atoms with Crippen molar-refractivity contribution in [2.24, 2.45) is 17.3 Å². The van der Waals surface area contributed by atoms with E-state index in [2.05, 4.69) is 20.8 Å². The molecule has 5 heteroatoms. The third kappa shape index (κ3) is 2.17. The minimum atomic E-state index is -0.333. The van der Waals surface area contributed by atoms with Gasteiger partial charge >= 0.3 is 13.1 Å². The highest BCUT2D eigenvalue weighted by Crippen LogP contribution is 2.64. The van der Waals surface area contributed by atoms with Gasteiger partial charge in [-0.3, -0.25) is 0 Å². The molecule has 0 spiro atoms. The molecular weight excluding hydrogens is 267 g/mol. The predicted molar refractivity (Wildman–Crippen MR) is 80.7 cm³/mol. The summed E-state index contributed by atoms with van der Waals surface area (Å²) in [5.74, 6) is 1.00. The van der Waals surface area contributed by atoms with Crippen molar-refractivity contribution in [1.82, 2.24) is 0 Å². The lowest BCUT2D eigenvalue weighted by Crippen LogP contribution is -2.63. The van der Waals surface area contributed by atoms with Gasteiger partial charge in [0.05, 0.1) is 18.8 Å². The lowest BCUT2D eigenvalue weighted by molar-refractivity contribution is -0.185. The molecule has 0 aromatic heterocycles. The number of carbonyl (C=O) groups excluding carboxylic acids is 1. The van der Waals surface area contributed by atoms with Gasteiger partial charge in [-0.05, 0) is 43.9 Å². The van der Waals surface area contributed by atoms with Crippen LogP contribution in [0.1, 0.15) is 40.5 Å². The number of esters is 1. The van der Waals surface area contributed by atoms with Crippen LogP contribution < -0.4 is 0 Å². The lowest BCUT2D eigenvalue weighted by atomic mass is 9.45. The molecule has 4 atom stereocenters. The van der Waals surface area contributed by atoms with Crippen LogP contribution in [-0.2, 0) is 18.8 Å². The quantitative estimate of drug-likeness (QED) is 0.456. The van der Waals surface area contributed by atoms with Gasteiger partial charge in [0.15, 0.2) is 0 Å². The lowest BCUT2D eigenvalue weighted by Gasteiger charge is -2.63. The van der Waals surface area contributed by atoms with Crippen LogP contribution in [0.15, 0.2) is 11.6 Å². The fourth-order valence-corrected chi connectivity index (χ4v) is 4.51. The molecule has 4 aliphatic rings. The van der Waals surface area contributed by atoms with Crippen LogP contribution in [0, 0.1) is 17.3 Å². The molecule has 21 heavy (non-hydrogen) atoms. The Morgan fingerprint density at radius 1 is 1.43 bits per heavy atom. The topological polar surface area (TPSA) is 44.8 Å². The molecule has 0 aromatic carbocycles. The van der Waals surface area contributed by atoms with Gasteiger partial charge in [0.2, 0.25) is 0 Å². The minimum Gasteiger partial charge on any atom is -0.466 e. The van der Waals surface area contributed by atoms with Gasteiger partial charge in [-0.2, -0.15) is 0 Å². The summed E-state index contributed by atoms with van der Waals surface area (Å²) in [5.41, 5.74) is 0.785. The van der Waals surface area contributed by atoms with Gasteiger partial charge in [-0.25, -0.2) is 4.79 Å². The van der Waals surface area contributed by atoms with Crippen molar-refractivity contribution < 1.29 is 18.8 Å². The summed E-state index contributed by atoms with van der Waals surface area (Å²) in [6.07, 6.45) is 4.70. The maximum atomic E-state index is 11.7. The maximum Gasteiger partial charge on any atom is 0.462 e. The van der Waals surface area contributed by atoms with E-state index in [4.69, 9.17) is 14.0 Å². The number of ether oxygens (including phenoxy) is 1. The van der Waals surface area contributed by atoms with Crippen LogP contribution in [0.25, 0.3) is 0 Å². The Labute approximate surface area is 127 Å². The number of allylic oxidation sites excluding steroid dienone is 1. The normalized spacial score (nSPS) is 40.5. The van der Waals surface area contributed by atoms with Crippen molar-refractivity contribution >= 4 is 13.1 Å². The Morgan fingerprint density at radius 2 is 2.14 bits per heavy atom. The summed E-state index contributed by atoms with van der Waals surface area (Å²) in [6.45, 7) is 8.69. The molecular formula is C16H25BO4. The van der Waals surface area contributed by atoms with E-state index in [1.807, 2.05) is 6.92 Å². The van der Waals surface area contributed by atoms with Crippen LogP contribution in [0.5, 0.6) is 0 Å². The van der Waals surface area contributed by atoms with Crippen molar-refractivity contribution in [1.29, 1.82) is 0 Å². The highest BCUT2D eigenvalue weighted by molar-refractivity contribution is 6.47. The zero-order valence-corrected chi connectivity index (χ0v) is 13.6. The molecule has 0 radical (unpaired) electrons. The zero-order chi connectivity index (χ0) is 15.4. The van der Waals surface area contributed by atoms with E-state index >= 15 is 0 Å². The Kier molecular flexibility index (Phi) is 3.49. The van der Waals surface area contributed by atoms with Crippen LogP contribution in [0.4, 0.5) is 0 Å². The van der Waals surface area contributed by atoms with Gasteiger partial charge in [0.25, 0.3) is 0 Å². The summed E-state index contributed by atoms with van der Waals surface area (Å²) in [4.78, 5) is 11.7. The number of hydrogen-bond acceptors (Lipinski definition) is 4. The second-order valence-corrected chi connectivity index (χ2v) is 7.49. The molecule has 1 saturated heterocycles. The summed E-state index contributed by atoms with van der Waals surface area (Å²) in [5, 5.41) is 0. The van der Waals surface area contributed by atoms with Crippen LogP contribution >= 0.6 is 0 Å². The van der Waals surface area contributed by atoms with Crippen molar-refractivity contribution in [2.45, 2.75) is 58.6 Å². The van der Waals surface area contributed by atoms with E-state index in [9.17, 15) is 4.79 Å². The standard InChI is InChI=1S/C16H25BO4/c1-6-10(14(18)19-5)9-17-20-13-12-7-11(15(12,2)3)8-16(13,4)21-17/h6,11-13H,7-9H2,1-5H3/b10-6+/t11-,12+,13-,16+/m0/s1. The predicted octanol–water partition coefficient (Wildman–Crippen LogP) is 2.83. The van der Waals surface area contributed by atoms with E-state index in [1.165, 1.54) is 13.5 Å². The zero-order valence-electron chi connectivity index (χ0n) is 13.6. The van der Waals surface area contributed by atoms with Crippen LogP contribution in [0.2, 0.25) is 6.32 Å². The average molecular weight is 292 g/mol. The van der Waals surface area contributed by atoms with Crippen molar-refractivity contribution in [3.05, 3.63) is 11.6 Å². The largest absolute Gasteiger partial charge is 0.466 e. The van der Waals surface area contributed by atoms with E-state index < -0.39 is 0 Å². The number of hydrogen-bond donors (Lipinski definition) is 0. The molecule has 4 nitrogen and oxygen atoms in total. The molecule has 1 heterocycles. The van der Waals surface area contributed by atoms with E-state index in [1.54, 1.807) is 6.08 Å². The van der Waals surface area contributed by atoms with Crippen LogP contribution in [-0.4, -0.2) is 31.9 Å². The number of rotatable bonds is 3. The Morgan fingerprint density at radius 3 is 2.71 bits per heavy atom. The molecule has 0 N–H and O–H groups in total. The van der Waals surface area contributed by atoms with Gasteiger partial charge in [-0.1, -0.05) is 19.9 Å².